The first kappa shape index (κ1) is 13.2. The molecule has 1 heterocycles. The van der Waals surface area contributed by atoms with Crippen molar-refractivity contribution in [3.8, 4) is 0 Å². The average molecular weight is 229 g/mol. The number of halogens is 1. The molecule has 1 saturated heterocycles. The van der Waals surface area contributed by atoms with E-state index in [1.54, 1.807) is 11.0 Å². The summed E-state index contributed by atoms with van der Waals surface area (Å²) in [6, 6.07) is 0. The first-order valence-corrected chi connectivity index (χ1v) is 5.62. The van der Waals surface area contributed by atoms with Crippen LogP contribution in [0.3, 0.4) is 0 Å². The van der Waals surface area contributed by atoms with Gasteiger partial charge in [0.15, 0.2) is 0 Å². The van der Waals surface area contributed by atoms with Crippen molar-refractivity contribution in [2.45, 2.75) is 26.4 Å². The quantitative estimate of drug-likeness (QED) is 0.690. The van der Waals surface area contributed by atoms with Crippen LogP contribution in [0.2, 0.25) is 0 Å². The second-order valence-corrected chi connectivity index (χ2v) is 4.68. The fourth-order valence-corrected chi connectivity index (χ4v) is 1.67. The van der Waals surface area contributed by atoms with Crippen LogP contribution in [0.5, 0.6) is 0 Å². The summed E-state index contributed by atoms with van der Waals surface area (Å²) in [4.78, 5) is 13.8. The number of amides is 1. The van der Waals surface area contributed by atoms with E-state index in [0.29, 0.717) is 19.7 Å². The summed E-state index contributed by atoms with van der Waals surface area (Å²) in [7, 11) is 0. The lowest BCUT2D eigenvalue weighted by Crippen LogP contribution is -2.43. The third kappa shape index (κ3) is 3.04. The van der Waals surface area contributed by atoms with Crippen molar-refractivity contribution in [1.29, 1.82) is 0 Å². The summed E-state index contributed by atoms with van der Waals surface area (Å²) in [6.07, 6.45) is 1.91. The largest absolute Gasteiger partial charge is 0.374 e. The number of carbonyl (C=O) groups is 1. The molecule has 0 N–H and O–H groups in total. The first-order valence-electron chi connectivity index (χ1n) is 5.62. The maximum absolute atomic E-state index is 12.6. The molecule has 0 radical (unpaired) electrons. The zero-order valence-corrected chi connectivity index (χ0v) is 10.0. The molecule has 1 rings (SSSR count). The van der Waals surface area contributed by atoms with Gasteiger partial charge in [0, 0.05) is 19.7 Å². The zero-order valence-electron chi connectivity index (χ0n) is 10.0. The van der Waals surface area contributed by atoms with E-state index in [-0.39, 0.29) is 5.91 Å². The molecule has 0 aliphatic carbocycles. The van der Waals surface area contributed by atoms with Gasteiger partial charge >= 0.3 is 0 Å². The van der Waals surface area contributed by atoms with Crippen LogP contribution in [0.25, 0.3) is 0 Å². The lowest BCUT2D eigenvalue weighted by molar-refractivity contribution is -0.138. The number of ether oxygens (including phenoxy) is 1. The molecule has 0 aromatic heterocycles. The van der Waals surface area contributed by atoms with Gasteiger partial charge in [-0.15, -0.1) is 6.58 Å². The average Bonchev–Trinajstić information content (AvgIpc) is 2.53. The predicted octanol–water partition coefficient (Wildman–Crippen LogP) is 1.79. The van der Waals surface area contributed by atoms with Crippen LogP contribution in [-0.4, -0.2) is 43.3 Å². The summed E-state index contributed by atoms with van der Waals surface area (Å²) >= 11 is 0. The van der Waals surface area contributed by atoms with Crippen LogP contribution >= 0.6 is 0 Å². The van der Waals surface area contributed by atoms with Crippen molar-refractivity contribution in [1.82, 2.24) is 4.90 Å². The van der Waals surface area contributed by atoms with E-state index in [1.807, 2.05) is 13.8 Å². The Labute approximate surface area is 96.3 Å². The number of hydrogen-bond acceptors (Lipinski definition) is 2. The van der Waals surface area contributed by atoms with Crippen LogP contribution in [-0.2, 0) is 9.53 Å². The Bertz CT molecular complexity index is 266. The van der Waals surface area contributed by atoms with E-state index in [1.165, 1.54) is 0 Å². The Kier molecular flexibility index (Phi) is 4.47. The van der Waals surface area contributed by atoms with Gasteiger partial charge < -0.3 is 9.64 Å². The van der Waals surface area contributed by atoms with Gasteiger partial charge in [-0.2, -0.15) is 0 Å². The molecule has 0 spiro atoms. The summed E-state index contributed by atoms with van der Waals surface area (Å²) in [5.41, 5.74) is -0.592. The van der Waals surface area contributed by atoms with Crippen molar-refractivity contribution in [2.75, 3.05) is 26.4 Å². The minimum atomic E-state index is -0.592. The highest BCUT2D eigenvalue weighted by atomic mass is 19.1. The van der Waals surface area contributed by atoms with Crippen molar-refractivity contribution >= 4 is 5.91 Å². The Morgan fingerprint density at radius 1 is 1.69 bits per heavy atom. The van der Waals surface area contributed by atoms with E-state index >= 15 is 0 Å². The monoisotopic (exact) mass is 229 g/mol. The smallest absolute Gasteiger partial charge is 0.232 e. The number of carbonyl (C=O) groups excluding carboxylic acids is 1. The third-order valence-corrected chi connectivity index (χ3v) is 2.87. The van der Waals surface area contributed by atoms with E-state index in [0.717, 1.165) is 6.42 Å². The van der Waals surface area contributed by atoms with Crippen molar-refractivity contribution in [3.05, 3.63) is 12.7 Å². The molecule has 0 bridgehead atoms. The Morgan fingerprint density at radius 2 is 2.38 bits per heavy atom. The van der Waals surface area contributed by atoms with E-state index in [2.05, 4.69) is 6.58 Å². The van der Waals surface area contributed by atoms with Crippen LogP contribution in [0.4, 0.5) is 4.39 Å². The number of rotatable bonds is 3. The number of alkyl halides is 1. The van der Waals surface area contributed by atoms with Crippen molar-refractivity contribution < 1.29 is 13.9 Å². The van der Waals surface area contributed by atoms with E-state index in [9.17, 15) is 9.18 Å². The minimum Gasteiger partial charge on any atom is -0.374 e. The molecule has 1 unspecified atom stereocenters. The minimum absolute atomic E-state index is 0.00792. The molecule has 1 atom stereocenters. The standard InChI is InChI=1S/C12H20FNO2/c1-4-12(2,3)11(15)14-6-5-7-16-10(8-13)9-14/h4,10H,1,5-9H2,2-3H3. The SMILES string of the molecule is C=CC(C)(C)C(=O)N1CCCOC(CF)C1. The topological polar surface area (TPSA) is 29.5 Å². The summed E-state index contributed by atoms with van der Waals surface area (Å²) in [5.74, 6) is -0.00792. The molecular weight excluding hydrogens is 209 g/mol. The molecule has 0 aromatic rings. The molecule has 16 heavy (non-hydrogen) atoms. The zero-order chi connectivity index (χ0) is 12.2. The van der Waals surface area contributed by atoms with Crippen molar-refractivity contribution in [2.24, 2.45) is 5.41 Å². The van der Waals surface area contributed by atoms with Gasteiger partial charge in [-0.1, -0.05) is 6.08 Å². The summed E-state index contributed by atoms with van der Waals surface area (Å²) in [5, 5.41) is 0. The maximum Gasteiger partial charge on any atom is 0.232 e. The van der Waals surface area contributed by atoms with Crippen LogP contribution < -0.4 is 0 Å². The molecule has 4 heteroatoms. The van der Waals surface area contributed by atoms with E-state index in [4.69, 9.17) is 4.74 Å². The third-order valence-electron chi connectivity index (χ3n) is 2.87. The van der Waals surface area contributed by atoms with Gasteiger partial charge in [0.25, 0.3) is 0 Å². The fraction of sp³-hybridized carbons (Fsp3) is 0.750. The highest BCUT2D eigenvalue weighted by Gasteiger charge is 2.31. The molecule has 0 saturated carbocycles. The Morgan fingerprint density at radius 3 is 2.94 bits per heavy atom. The van der Waals surface area contributed by atoms with Crippen molar-refractivity contribution in [3.63, 3.8) is 0 Å². The Balaban J connectivity index is 2.70. The maximum atomic E-state index is 12.6. The highest BCUT2D eigenvalue weighted by molar-refractivity contribution is 5.83. The molecule has 1 amide bonds. The Hall–Kier alpha value is -0.900. The van der Waals surface area contributed by atoms with Gasteiger partial charge in [0.2, 0.25) is 5.91 Å². The molecule has 0 aromatic carbocycles. The van der Waals surface area contributed by atoms with E-state index < -0.39 is 18.2 Å². The lowest BCUT2D eigenvalue weighted by Gasteiger charge is -2.29. The first-order chi connectivity index (χ1) is 7.51. The molecule has 1 aliphatic rings. The van der Waals surface area contributed by atoms with Gasteiger partial charge in [-0.25, -0.2) is 4.39 Å². The van der Waals surface area contributed by atoms with Gasteiger partial charge in [0.1, 0.15) is 12.8 Å². The normalized spacial score (nSPS) is 22.7. The van der Waals surface area contributed by atoms with Crippen LogP contribution in [0.1, 0.15) is 20.3 Å². The summed E-state index contributed by atoms with van der Waals surface area (Å²) in [6.45, 7) is 8.24. The fourth-order valence-electron chi connectivity index (χ4n) is 1.67. The van der Waals surface area contributed by atoms with Gasteiger partial charge in [0.05, 0.1) is 5.41 Å². The lowest BCUT2D eigenvalue weighted by atomic mass is 9.91. The molecule has 1 fully saturated rings. The van der Waals surface area contributed by atoms with Crippen LogP contribution in [0, 0.1) is 5.41 Å². The van der Waals surface area contributed by atoms with Gasteiger partial charge in [-0.3, -0.25) is 4.79 Å². The van der Waals surface area contributed by atoms with Crippen LogP contribution in [0.15, 0.2) is 12.7 Å². The second-order valence-electron chi connectivity index (χ2n) is 4.68. The molecule has 3 nitrogen and oxygen atoms in total. The van der Waals surface area contributed by atoms with Gasteiger partial charge in [-0.05, 0) is 20.3 Å². The summed E-state index contributed by atoms with van der Waals surface area (Å²) < 4.78 is 17.9. The highest BCUT2D eigenvalue weighted by Crippen LogP contribution is 2.21. The predicted molar refractivity (Wildman–Crippen MR) is 60.9 cm³/mol. The molecule has 92 valence electrons. The molecular formula is C12H20FNO2. The molecule has 1 aliphatic heterocycles. The second kappa shape index (κ2) is 5.43. The number of nitrogens with zero attached hydrogens (tertiary/aromatic N) is 1. The number of hydrogen-bond donors (Lipinski definition) is 0.